The normalized spacial score (nSPS) is 16.2. The van der Waals surface area contributed by atoms with Crippen LogP contribution >= 0.6 is 0 Å². The summed E-state index contributed by atoms with van der Waals surface area (Å²) in [5.41, 5.74) is 3.42. The quantitative estimate of drug-likeness (QED) is 0.443. The average molecular weight is 453 g/mol. The molecule has 0 saturated carbocycles. The molecule has 1 aromatic heterocycles. The van der Waals surface area contributed by atoms with Gasteiger partial charge in [0.2, 0.25) is 0 Å². The molecule has 4 N–H and O–H groups in total. The molecule has 2 aromatic carbocycles. The van der Waals surface area contributed by atoms with E-state index in [4.69, 9.17) is 0 Å². The van der Waals surface area contributed by atoms with Crippen molar-refractivity contribution in [2.75, 3.05) is 10.6 Å². The Balaban J connectivity index is 1.53. The largest absolute Gasteiger partial charge is 0.478 e. The molecule has 0 fully saturated rings. The van der Waals surface area contributed by atoms with Crippen LogP contribution in [0.2, 0.25) is 0 Å². The van der Waals surface area contributed by atoms with E-state index < -0.39 is 11.9 Å². The third-order valence-corrected chi connectivity index (χ3v) is 5.48. The van der Waals surface area contributed by atoms with Gasteiger partial charge in [-0.1, -0.05) is 6.07 Å². The topological polar surface area (TPSA) is 146 Å². The summed E-state index contributed by atoms with van der Waals surface area (Å²) < 4.78 is 0. The zero-order valence-corrected chi connectivity index (χ0v) is 17.3. The van der Waals surface area contributed by atoms with E-state index in [0.717, 1.165) is 0 Å². The minimum absolute atomic E-state index is 0.0548. The van der Waals surface area contributed by atoms with Gasteiger partial charge in [0.05, 0.1) is 33.7 Å². The number of benzene rings is 2. The van der Waals surface area contributed by atoms with Crippen molar-refractivity contribution in [3.05, 3.63) is 88.2 Å². The minimum Gasteiger partial charge on any atom is -0.478 e. The van der Waals surface area contributed by atoms with Gasteiger partial charge in [-0.05, 0) is 60.7 Å². The third-order valence-electron chi connectivity index (χ3n) is 5.48. The molecular formula is C25H15N3O6. The van der Waals surface area contributed by atoms with Gasteiger partial charge >= 0.3 is 11.9 Å². The first-order chi connectivity index (χ1) is 16.3. The summed E-state index contributed by atoms with van der Waals surface area (Å²) in [6.45, 7) is 0. The minimum atomic E-state index is -1.10. The fourth-order valence-corrected chi connectivity index (χ4v) is 3.85. The Bertz CT molecular complexity index is 1390. The Hall–Kier alpha value is -5.05. The zero-order chi connectivity index (χ0) is 24.0. The van der Waals surface area contributed by atoms with Crippen LogP contribution in [-0.2, 0) is 9.59 Å². The number of hydrogen-bond donors (Lipinski definition) is 4. The van der Waals surface area contributed by atoms with Gasteiger partial charge < -0.3 is 20.8 Å². The van der Waals surface area contributed by atoms with E-state index in [2.05, 4.69) is 15.6 Å². The maximum atomic E-state index is 12.5. The van der Waals surface area contributed by atoms with E-state index in [0.29, 0.717) is 33.9 Å². The summed E-state index contributed by atoms with van der Waals surface area (Å²) in [6.07, 6.45) is 3.08. The SMILES string of the molecule is O=C1Nc2ccc(C(=O)O)cc2/C1=C\c1cccc(/C=C2/C(=O)Nc3ccc(C(=O)O)cc32)n1. The summed E-state index contributed by atoms with van der Waals surface area (Å²) in [5, 5.41) is 23.9. The number of pyridine rings is 1. The number of nitrogens with zero attached hydrogens (tertiary/aromatic N) is 1. The van der Waals surface area contributed by atoms with Crippen LogP contribution in [0.4, 0.5) is 11.4 Å². The van der Waals surface area contributed by atoms with Crippen molar-refractivity contribution in [1.29, 1.82) is 0 Å². The van der Waals surface area contributed by atoms with Crippen LogP contribution in [0.3, 0.4) is 0 Å². The predicted molar refractivity (Wildman–Crippen MR) is 124 cm³/mol. The molecule has 3 heterocycles. The Kier molecular flexibility index (Phi) is 4.79. The molecular weight excluding hydrogens is 438 g/mol. The highest BCUT2D eigenvalue weighted by Gasteiger charge is 2.27. The fraction of sp³-hybridized carbons (Fsp3) is 0. The lowest BCUT2D eigenvalue weighted by molar-refractivity contribution is -0.111. The molecule has 2 aliphatic heterocycles. The maximum absolute atomic E-state index is 12.5. The number of rotatable bonds is 4. The molecule has 9 heteroatoms. The summed E-state index contributed by atoms with van der Waals surface area (Å²) in [6, 6.07) is 13.8. The number of carbonyl (C=O) groups is 4. The molecule has 0 atom stereocenters. The molecule has 3 aromatic rings. The molecule has 5 rings (SSSR count). The van der Waals surface area contributed by atoms with Crippen molar-refractivity contribution >= 4 is 58.4 Å². The maximum Gasteiger partial charge on any atom is 0.335 e. The Morgan fingerprint density at radius 1 is 0.706 bits per heavy atom. The smallest absolute Gasteiger partial charge is 0.335 e. The molecule has 34 heavy (non-hydrogen) atoms. The first-order valence-electron chi connectivity index (χ1n) is 10.1. The second kappa shape index (κ2) is 7.82. The molecule has 9 nitrogen and oxygen atoms in total. The lowest BCUT2D eigenvalue weighted by atomic mass is 10.0. The van der Waals surface area contributed by atoms with Crippen molar-refractivity contribution in [2.45, 2.75) is 0 Å². The molecule has 0 spiro atoms. The van der Waals surface area contributed by atoms with E-state index >= 15 is 0 Å². The second-order valence-electron chi connectivity index (χ2n) is 7.64. The van der Waals surface area contributed by atoms with Crippen molar-refractivity contribution in [1.82, 2.24) is 4.98 Å². The second-order valence-corrected chi connectivity index (χ2v) is 7.64. The van der Waals surface area contributed by atoms with Gasteiger partial charge in [-0.3, -0.25) is 9.59 Å². The van der Waals surface area contributed by atoms with Gasteiger partial charge in [0, 0.05) is 22.5 Å². The summed E-state index contributed by atoms with van der Waals surface area (Å²) in [5.74, 6) is -2.97. The molecule has 2 amide bonds. The lowest BCUT2D eigenvalue weighted by Gasteiger charge is -2.03. The number of carboxylic acids is 2. The average Bonchev–Trinajstić information content (AvgIpc) is 3.28. The highest BCUT2D eigenvalue weighted by molar-refractivity contribution is 6.36. The first-order valence-corrected chi connectivity index (χ1v) is 10.1. The Labute approximate surface area is 192 Å². The molecule has 0 unspecified atom stereocenters. The van der Waals surface area contributed by atoms with Crippen molar-refractivity contribution in [2.24, 2.45) is 0 Å². The van der Waals surface area contributed by atoms with Crippen LogP contribution in [-0.4, -0.2) is 39.0 Å². The molecule has 0 saturated heterocycles. The van der Waals surface area contributed by atoms with Crippen LogP contribution in [0.15, 0.2) is 54.6 Å². The number of nitrogens with one attached hydrogen (secondary N) is 2. The molecule has 0 aliphatic carbocycles. The van der Waals surface area contributed by atoms with Gasteiger partial charge in [-0.25, -0.2) is 14.6 Å². The zero-order valence-electron chi connectivity index (χ0n) is 17.3. The van der Waals surface area contributed by atoms with Gasteiger partial charge in [0.15, 0.2) is 0 Å². The van der Waals surface area contributed by atoms with Crippen LogP contribution in [0.1, 0.15) is 43.2 Å². The van der Waals surface area contributed by atoms with Crippen molar-refractivity contribution in [3.8, 4) is 0 Å². The molecule has 0 bridgehead atoms. The number of carbonyl (C=O) groups excluding carboxylic acids is 2. The third kappa shape index (κ3) is 3.61. The monoisotopic (exact) mass is 453 g/mol. The van der Waals surface area contributed by atoms with Gasteiger partial charge in [-0.15, -0.1) is 0 Å². The van der Waals surface area contributed by atoms with Crippen LogP contribution in [0.5, 0.6) is 0 Å². The Morgan fingerprint density at radius 3 is 1.56 bits per heavy atom. The van der Waals surface area contributed by atoms with Gasteiger partial charge in [0.25, 0.3) is 11.8 Å². The van der Waals surface area contributed by atoms with Crippen LogP contribution in [0.25, 0.3) is 23.3 Å². The highest BCUT2D eigenvalue weighted by Crippen LogP contribution is 2.35. The lowest BCUT2D eigenvalue weighted by Crippen LogP contribution is -2.04. The molecule has 2 aliphatic rings. The van der Waals surface area contributed by atoms with E-state index in [1.165, 1.54) is 36.4 Å². The standard InChI is InChI=1S/C25H15N3O6/c29-22-18(16-8-12(24(31)32)4-6-20(16)27-22)10-14-2-1-3-15(26-14)11-19-17-9-13(25(33)34)5-7-21(17)28-23(19)30/h1-11H,(H,27,29)(H,28,30)(H,31,32)(H,33,34)/b18-10+,19-11+. The van der Waals surface area contributed by atoms with Crippen molar-refractivity contribution in [3.63, 3.8) is 0 Å². The number of anilines is 2. The van der Waals surface area contributed by atoms with E-state index in [-0.39, 0.29) is 34.1 Å². The van der Waals surface area contributed by atoms with Crippen LogP contribution in [0, 0.1) is 0 Å². The first kappa shape index (κ1) is 20.8. The van der Waals surface area contributed by atoms with Crippen molar-refractivity contribution < 1.29 is 29.4 Å². The number of amides is 2. The van der Waals surface area contributed by atoms with Crippen LogP contribution < -0.4 is 10.6 Å². The highest BCUT2D eigenvalue weighted by atomic mass is 16.4. The Morgan fingerprint density at radius 2 is 1.15 bits per heavy atom. The van der Waals surface area contributed by atoms with E-state index in [1.54, 1.807) is 30.4 Å². The summed E-state index contributed by atoms with van der Waals surface area (Å²) in [7, 11) is 0. The number of aromatic carboxylic acids is 2. The summed E-state index contributed by atoms with van der Waals surface area (Å²) in [4.78, 5) is 52.1. The fourth-order valence-electron chi connectivity index (χ4n) is 3.85. The summed E-state index contributed by atoms with van der Waals surface area (Å²) >= 11 is 0. The van der Waals surface area contributed by atoms with Gasteiger partial charge in [0.1, 0.15) is 0 Å². The number of hydrogen-bond acceptors (Lipinski definition) is 5. The van der Waals surface area contributed by atoms with Gasteiger partial charge in [-0.2, -0.15) is 0 Å². The molecule has 0 radical (unpaired) electrons. The van der Waals surface area contributed by atoms with E-state index in [9.17, 15) is 29.4 Å². The molecule has 166 valence electrons. The predicted octanol–water partition coefficient (Wildman–Crippen LogP) is 3.46. The number of fused-ring (bicyclic) bond motifs is 2. The number of carboxylic acid groups (broad SMARTS) is 2. The van der Waals surface area contributed by atoms with E-state index in [1.807, 2.05) is 0 Å². The number of aromatic nitrogens is 1.